The molecule has 1 aromatic carbocycles. The van der Waals surface area contributed by atoms with E-state index in [1.165, 1.54) is 6.08 Å². The van der Waals surface area contributed by atoms with E-state index >= 15 is 0 Å². The van der Waals surface area contributed by atoms with Gasteiger partial charge >= 0.3 is 0 Å². The minimum Gasteiger partial charge on any atom is -0.334 e. The van der Waals surface area contributed by atoms with Crippen LogP contribution in [0.2, 0.25) is 0 Å². The molecule has 0 saturated heterocycles. The molecule has 0 bridgehead atoms. The van der Waals surface area contributed by atoms with Crippen LogP contribution in [0.5, 0.6) is 0 Å². The molecule has 0 N–H and O–H groups in total. The summed E-state index contributed by atoms with van der Waals surface area (Å²) in [6.07, 6.45) is 3.29. The van der Waals surface area contributed by atoms with E-state index in [1.807, 2.05) is 29.8 Å². The van der Waals surface area contributed by atoms with Crippen LogP contribution in [0.4, 0.5) is 0 Å². The summed E-state index contributed by atoms with van der Waals surface area (Å²) in [6.45, 7) is 0.380. The number of aromatic nitrogens is 2. The van der Waals surface area contributed by atoms with Crippen molar-refractivity contribution in [1.29, 1.82) is 0 Å². The molecule has 1 aromatic heterocycles. The predicted molar refractivity (Wildman–Crippen MR) is 52.5 cm³/mol. The van der Waals surface area contributed by atoms with Gasteiger partial charge in [0.15, 0.2) is 0 Å². The van der Waals surface area contributed by atoms with Gasteiger partial charge in [-0.2, -0.15) is 0 Å². The molecule has 0 atom stereocenters. The molecule has 70 valence electrons. The van der Waals surface area contributed by atoms with Crippen LogP contribution in [-0.2, 0) is 18.4 Å². The highest BCUT2D eigenvalue weighted by atomic mass is 16.1. The van der Waals surface area contributed by atoms with Gasteiger partial charge in [0, 0.05) is 7.05 Å². The van der Waals surface area contributed by atoms with Crippen LogP contribution in [0.25, 0.3) is 11.0 Å². The van der Waals surface area contributed by atoms with Crippen molar-refractivity contribution < 1.29 is 4.79 Å². The molecular weight excluding hydrogens is 178 g/mol. The van der Waals surface area contributed by atoms with E-state index in [0.717, 1.165) is 16.6 Å². The molecule has 0 spiro atoms. The Kier molecular flexibility index (Phi) is 2.13. The minimum atomic E-state index is 0.380. The summed E-state index contributed by atoms with van der Waals surface area (Å²) in [4.78, 5) is 17.7. The van der Waals surface area contributed by atoms with Gasteiger partial charge in [-0.1, -0.05) is 6.07 Å². The van der Waals surface area contributed by atoms with Gasteiger partial charge in [-0.15, -0.1) is 0 Å². The monoisotopic (exact) mass is 187 g/mol. The summed E-state index contributed by atoms with van der Waals surface area (Å²) >= 11 is 0. The van der Waals surface area contributed by atoms with Crippen LogP contribution in [0.15, 0.2) is 29.5 Å². The predicted octanol–water partition coefficient (Wildman–Crippen LogP) is 1.41. The Balaban J connectivity index is 2.48. The average molecular weight is 187 g/mol. The smallest absolute Gasteiger partial charge is 0.235 e. The highest BCUT2D eigenvalue weighted by Crippen LogP contribution is 2.14. The van der Waals surface area contributed by atoms with E-state index in [4.69, 9.17) is 0 Å². The number of carbonyl (C=O) groups excluding carboxylic acids is 1. The first-order chi connectivity index (χ1) is 6.81. The first kappa shape index (κ1) is 8.66. The third kappa shape index (κ3) is 1.43. The molecule has 4 nitrogen and oxygen atoms in total. The molecule has 0 radical (unpaired) electrons. The number of imidazole rings is 1. The minimum absolute atomic E-state index is 0.380. The topological polar surface area (TPSA) is 47.2 Å². The fourth-order valence-corrected chi connectivity index (χ4v) is 1.39. The zero-order chi connectivity index (χ0) is 9.97. The molecule has 0 saturated carbocycles. The zero-order valence-corrected chi connectivity index (χ0v) is 7.77. The number of hydrogen-bond acceptors (Lipinski definition) is 3. The first-order valence-corrected chi connectivity index (χ1v) is 4.25. The van der Waals surface area contributed by atoms with Crippen LogP contribution >= 0.6 is 0 Å². The Labute approximate surface area is 80.9 Å². The van der Waals surface area contributed by atoms with Crippen molar-refractivity contribution >= 4 is 17.1 Å². The van der Waals surface area contributed by atoms with Crippen LogP contribution in [0.3, 0.4) is 0 Å². The number of rotatable bonds is 2. The maximum absolute atomic E-state index is 9.95. The number of hydrogen-bond donors (Lipinski definition) is 0. The van der Waals surface area contributed by atoms with E-state index in [1.54, 1.807) is 6.33 Å². The van der Waals surface area contributed by atoms with E-state index < -0.39 is 0 Å². The summed E-state index contributed by atoms with van der Waals surface area (Å²) < 4.78 is 1.93. The SMILES string of the molecule is Cn1cnc2ccc(CN=C=O)cc21. The molecule has 2 rings (SSSR count). The van der Waals surface area contributed by atoms with Crippen molar-refractivity contribution in [3.8, 4) is 0 Å². The third-order valence-corrected chi connectivity index (χ3v) is 2.12. The lowest BCUT2D eigenvalue weighted by Crippen LogP contribution is -1.86. The number of isocyanates is 1. The van der Waals surface area contributed by atoms with Gasteiger partial charge in [0.2, 0.25) is 6.08 Å². The van der Waals surface area contributed by atoms with Crippen LogP contribution in [0.1, 0.15) is 5.56 Å². The summed E-state index contributed by atoms with van der Waals surface area (Å²) in [7, 11) is 1.93. The van der Waals surface area contributed by atoms with Crippen molar-refractivity contribution in [2.45, 2.75) is 6.54 Å². The number of aryl methyl sites for hydroxylation is 1. The Morgan fingerprint density at radius 2 is 2.43 bits per heavy atom. The zero-order valence-electron chi connectivity index (χ0n) is 7.77. The second-order valence-electron chi connectivity index (χ2n) is 3.09. The molecule has 0 amide bonds. The number of benzene rings is 1. The van der Waals surface area contributed by atoms with Gasteiger partial charge < -0.3 is 4.57 Å². The lowest BCUT2D eigenvalue weighted by molar-refractivity contribution is 0.563. The fraction of sp³-hybridized carbons (Fsp3) is 0.200. The largest absolute Gasteiger partial charge is 0.334 e. The van der Waals surface area contributed by atoms with Crippen molar-refractivity contribution in [1.82, 2.24) is 9.55 Å². The van der Waals surface area contributed by atoms with Gasteiger partial charge in [-0.3, -0.25) is 0 Å². The highest BCUT2D eigenvalue weighted by Gasteiger charge is 2.00. The van der Waals surface area contributed by atoms with E-state index in [2.05, 4.69) is 9.98 Å². The third-order valence-electron chi connectivity index (χ3n) is 2.12. The quantitative estimate of drug-likeness (QED) is 0.527. The standard InChI is InChI=1S/C10H9N3O/c1-13-6-12-9-3-2-8(4-10(9)13)5-11-7-14/h2-4,6H,5H2,1H3. The van der Waals surface area contributed by atoms with E-state index in [9.17, 15) is 4.79 Å². The summed E-state index contributed by atoms with van der Waals surface area (Å²) in [6, 6.07) is 5.81. The molecule has 0 fully saturated rings. The molecule has 1 heterocycles. The molecule has 0 aliphatic rings. The molecule has 0 unspecified atom stereocenters. The Bertz CT molecular complexity index is 509. The molecular formula is C10H9N3O. The second-order valence-corrected chi connectivity index (χ2v) is 3.09. The summed E-state index contributed by atoms with van der Waals surface area (Å²) in [5, 5.41) is 0. The maximum Gasteiger partial charge on any atom is 0.235 e. The van der Waals surface area contributed by atoms with Crippen molar-refractivity contribution in [3.05, 3.63) is 30.1 Å². The van der Waals surface area contributed by atoms with Crippen molar-refractivity contribution in [3.63, 3.8) is 0 Å². The molecule has 4 heteroatoms. The van der Waals surface area contributed by atoms with Gasteiger partial charge in [-0.05, 0) is 17.7 Å². The van der Waals surface area contributed by atoms with E-state index in [-0.39, 0.29) is 0 Å². The Morgan fingerprint density at radius 1 is 1.57 bits per heavy atom. The fourth-order valence-electron chi connectivity index (χ4n) is 1.39. The van der Waals surface area contributed by atoms with Crippen LogP contribution in [-0.4, -0.2) is 15.6 Å². The average Bonchev–Trinajstić information content (AvgIpc) is 2.57. The first-order valence-electron chi connectivity index (χ1n) is 4.25. The summed E-state index contributed by atoms with van der Waals surface area (Å²) in [5.41, 5.74) is 2.99. The van der Waals surface area contributed by atoms with Gasteiger partial charge in [0.05, 0.1) is 23.9 Å². The van der Waals surface area contributed by atoms with Gasteiger partial charge in [0.1, 0.15) is 0 Å². The molecule has 0 aliphatic carbocycles. The van der Waals surface area contributed by atoms with Gasteiger partial charge in [0.25, 0.3) is 0 Å². The number of fused-ring (bicyclic) bond motifs is 1. The molecule has 14 heavy (non-hydrogen) atoms. The molecule has 0 aliphatic heterocycles. The number of nitrogens with zero attached hydrogens (tertiary/aromatic N) is 3. The maximum atomic E-state index is 9.95. The van der Waals surface area contributed by atoms with Gasteiger partial charge in [-0.25, -0.2) is 14.8 Å². The number of aliphatic imine (C=N–C) groups is 1. The lowest BCUT2D eigenvalue weighted by Gasteiger charge is -1.97. The Hall–Kier alpha value is -1.93. The lowest BCUT2D eigenvalue weighted by atomic mass is 10.2. The second kappa shape index (κ2) is 3.44. The normalized spacial score (nSPS) is 10.1. The van der Waals surface area contributed by atoms with Crippen molar-refractivity contribution in [2.75, 3.05) is 0 Å². The van der Waals surface area contributed by atoms with Crippen LogP contribution < -0.4 is 0 Å². The van der Waals surface area contributed by atoms with Crippen molar-refractivity contribution in [2.24, 2.45) is 12.0 Å². The molecule has 2 aromatic rings. The Morgan fingerprint density at radius 3 is 3.21 bits per heavy atom. The highest BCUT2D eigenvalue weighted by molar-refractivity contribution is 5.75. The summed E-state index contributed by atoms with van der Waals surface area (Å²) in [5.74, 6) is 0. The van der Waals surface area contributed by atoms with Crippen LogP contribution in [0, 0.1) is 0 Å². The van der Waals surface area contributed by atoms with E-state index in [0.29, 0.717) is 6.54 Å².